The van der Waals surface area contributed by atoms with Gasteiger partial charge in [0.25, 0.3) is 0 Å². The molecule has 1 aromatic rings. The highest BCUT2D eigenvalue weighted by Crippen LogP contribution is 2.32. The predicted molar refractivity (Wildman–Crippen MR) is 81.6 cm³/mol. The highest BCUT2D eigenvalue weighted by molar-refractivity contribution is 5.76. The van der Waals surface area contributed by atoms with Gasteiger partial charge in [0.15, 0.2) is 0 Å². The number of nitrogens with zero attached hydrogens (tertiary/aromatic N) is 3. The number of rotatable bonds is 4. The molecule has 25 heavy (non-hydrogen) atoms. The maximum absolute atomic E-state index is 11.6. The van der Waals surface area contributed by atoms with Crippen molar-refractivity contribution in [2.45, 2.75) is 38.0 Å². The van der Waals surface area contributed by atoms with E-state index >= 15 is 0 Å². The Morgan fingerprint density at radius 1 is 1.40 bits per heavy atom. The van der Waals surface area contributed by atoms with Crippen LogP contribution in [0.15, 0.2) is 12.3 Å². The van der Waals surface area contributed by atoms with Gasteiger partial charge in [0.2, 0.25) is 5.91 Å². The Morgan fingerprint density at radius 2 is 2.04 bits per heavy atom. The lowest BCUT2D eigenvalue weighted by molar-refractivity contribution is -0.192. The highest BCUT2D eigenvalue weighted by atomic mass is 19.4. The standard InChI is InChI=1S/C13H20N4O.C2HF3O2/c1-14-13(18)6-12-9-16(7-10-2-3-10)8-11-4-5-15-17(11)12;3-2(4,5)1(6)7/h4-5,10,12H,2-3,6-9H2,1H3,(H,14,18);(H,6,7). The number of carboxylic acids is 1. The van der Waals surface area contributed by atoms with Crippen LogP contribution in [0.4, 0.5) is 13.2 Å². The van der Waals surface area contributed by atoms with E-state index in [1.165, 1.54) is 25.1 Å². The van der Waals surface area contributed by atoms with Crippen molar-refractivity contribution in [1.29, 1.82) is 0 Å². The molecule has 2 heterocycles. The fourth-order valence-corrected chi connectivity index (χ4v) is 2.74. The minimum Gasteiger partial charge on any atom is -0.475 e. The van der Waals surface area contributed by atoms with Gasteiger partial charge in [-0.2, -0.15) is 18.3 Å². The molecule has 10 heteroatoms. The largest absolute Gasteiger partial charge is 0.490 e. The molecule has 0 bridgehead atoms. The van der Waals surface area contributed by atoms with E-state index < -0.39 is 12.1 Å². The number of carbonyl (C=O) groups excluding carboxylic acids is 1. The van der Waals surface area contributed by atoms with Crippen molar-refractivity contribution in [1.82, 2.24) is 20.0 Å². The molecule has 0 spiro atoms. The van der Waals surface area contributed by atoms with Crippen LogP contribution in [0.5, 0.6) is 0 Å². The van der Waals surface area contributed by atoms with Crippen molar-refractivity contribution in [2.24, 2.45) is 5.92 Å². The zero-order chi connectivity index (χ0) is 18.6. The van der Waals surface area contributed by atoms with Gasteiger partial charge in [-0.25, -0.2) is 4.79 Å². The molecular formula is C15H21F3N4O3. The molecule has 1 atom stereocenters. The Hall–Kier alpha value is -2.10. The van der Waals surface area contributed by atoms with Crippen LogP contribution in [0.3, 0.4) is 0 Å². The van der Waals surface area contributed by atoms with Crippen LogP contribution in [-0.4, -0.2) is 58.0 Å². The van der Waals surface area contributed by atoms with Crippen molar-refractivity contribution in [3.63, 3.8) is 0 Å². The molecule has 0 saturated heterocycles. The summed E-state index contributed by atoms with van der Waals surface area (Å²) in [4.78, 5) is 23.0. The average Bonchev–Trinajstić information content (AvgIpc) is 3.20. The summed E-state index contributed by atoms with van der Waals surface area (Å²) in [6.07, 6.45) is 0.0188. The number of aromatic nitrogens is 2. The molecule has 0 radical (unpaired) electrons. The summed E-state index contributed by atoms with van der Waals surface area (Å²) >= 11 is 0. The lowest BCUT2D eigenvalue weighted by Gasteiger charge is -2.33. The maximum atomic E-state index is 11.6. The summed E-state index contributed by atoms with van der Waals surface area (Å²) in [5.74, 6) is -1.78. The van der Waals surface area contributed by atoms with E-state index in [-0.39, 0.29) is 11.9 Å². The van der Waals surface area contributed by atoms with E-state index in [1.54, 1.807) is 7.05 Å². The highest BCUT2D eigenvalue weighted by Gasteiger charge is 2.38. The van der Waals surface area contributed by atoms with Crippen LogP contribution in [-0.2, 0) is 16.1 Å². The Morgan fingerprint density at radius 3 is 2.56 bits per heavy atom. The topological polar surface area (TPSA) is 87.5 Å². The molecule has 140 valence electrons. The maximum Gasteiger partial charge on any atom is 0.490 e. The molecule has 1 aliphatic heterocycles. The van der Waals surface area contributed by atoms with Crippen LogP contribution in [0.1, 0.15) is 31.0 Å². The van der Waals surface area contributed by atoms with Crippen molar-refractivity contribution in [3.05, 3.63) is 18.0 Å². The van der Waals surface area contributed by atoms with Crippen LogP contribution in [0.25, 0.3) is 0 Å². The lowest BCUT2D eigenvalue weighted by Crippen LogP contribution is -2.40. The van der Waals surface area contributed by atoms with Gasteiger partial charge in [-0.05, 0) is 24.8 Å². The zero-order valence-corrected chi connectivity index (χ0v) is 13.8. The molecular weight excluding hydrogens is 341 g/mol. The van der Waals surface area contributed by atoms with E-state index in [0.29, 0.717) is 6.42 Å². The SMILES string of the molecule is CNC(=O)CC1CN(CC2CC2)Cc2ccnn21.O=C(O)C(F)(F)F. The molecule has 1 aliphatic carbocycles. The van der Waals surface area contributed by atoms with E-state index in [4.69, 9.17) is 9.90 Å². The van der Waals surface area contributed by atoms with Gasteiger partial charge in [-0.3, -0.25) is 14.4 Å². The van der Waals surface area contributed by atoms with Crippen molar-refractivity contribution in [2.75, 3.05) is 20.1 Å². The summed E-state index contributed by atoms with van der Waals surface area (Å²) in [5.41, 5.74) is 1.23. The molecule has 0 aromatic carbocycles. The number of alkyl halides is 3. The predicted octanol–water partition coefficient (Wildman–Crippen LogP) is 1.42. The number of hydrogen-bond donors (Lipinski definition) is 2. The lowest BCUT2D eigenvalue weighted by atomic mass is 10.1. The first kappa shape index (κ1) is 19.2. The van der Waals surface area contributed by atoms with Crippen LogP contribution >= 0.6 is 0 Å². The first-order valence-electron chi connectivity index (χ1n) is 7.96. The van der Waals surface area contributed by atoms with Gasteiger partial charge in [-0.1, -0.05) is 0 Å². The molecule has 1 saturated carbocycles. The Bertz CT molecular complexity index is 613. The number of carbonyl (C=O) groups is 2. The molecule has 1 aromatic heterocycles. The average molecular weight is 362 g/mol. The third-order valence-electron chi connectivity index (χ3n) is 4.11. The van der Waals surface area contributed by atoms with Gasteiger partial charge in [-0.15, -0.1) is 0 Å². The Labute approximate surface area is 142 Å². The Kier molecular flexibility index (Phi) is 6.04. The zero-order valence-electron chi connectivity index (χ0n) is 13.8. The third-order valence-corrected chi connectivity index (χ3v) is 4.11. The van der Waals surface area contributed by atoms with E-state index in [2.05, 4.69) is 21.4 Å². The molecule has 1 amide bonds. The van der Waals surface area contributed by atoms with E-state index in [0.717, 1.165) is 19.0 Å². The Balaban J connectivity index is 0.000000277. The summed E-state index contributed by atoms with van der Waals surface area (Å²) < 4.78 is 33.8. The second-order valence-corrected chi connectivity index (χ2v) is 6.24. The van der Waals surface area contributed by atoms with Gasteiger partial charge in [0.1, 0.15) is 0 Å². The molecule has 2 aliphatic rings. The number of fused-ring (bicyclic) bond motifs is 1. The van der Waals surface area contributed by atoms with Crippen molar-refractivity contribution >= 4 is 11.9 Å². The van der Waals surface area contributed by atoms with Gasteiger partial charge < -0.3 is 10.4 Å². The van der Waals surface area contributed by atoms with Gasteiger partial charge >= 0.3 is 12.1 Å². The number of carboxylic acid groups (broad SMARTS) is 1. The quantitative estimate of drug-likeness (QED) is 0.846. The molecule has 3 rings (SSSR count). The summed E-state index contributed by atoms with van der Waals surface area (Å²) in [7, 11) is 1.69. The third kappa shape index (κ3) is 5.73. The molecule has 2 N–H and O–H groups in total. The summed E-state index contributed by atoms with van der Waals surface area (Å²) in [6.45, 7) is 3.09. The number of nitrogens with one attached hydrogen (secondary N) is 1. The van der Waals surface area contributed by atoms with E-state index in [9.17, 15) is 18.0 Å². The number of halogens is 3. The van der Waals surface area contributed by atoms with Crippen LogP contribution in [0.2, 0.25) is 0 Å². The number of amides is 1. The van der Waals surface area contributed by atoms with Crippen LogP contribution < -0.4 is 5.32 Å². The second-order valence-electron chi connectivity index (χ2n) is 6.24. The van der Waals surface area contributed by atoms with Gasteiger partial charge in [0.05, 0.1) is 18.2 Å². The van der Waals surface area contributed by atoms with Crippen molar-refractivity contribution in [3.8, 4) is 0 Å². The van der Waals surface area contributed by atoms with Gasteiger partial charge in [0, 0.05) is 32.9 Å². The smallest absolute Gasteiger partial charge is 0.475 e. The fourth-order valence-electron chi connectivity index (χ4n) is 2.74. The number of hydrogen-bond acceptors (Lipinski definition) is 4. The van der Waals surface area contributed by atoms with E-state index in [1.807, 2.05) is 10.9 Å². The normalized spacial score (nSPS) is 20.2. The minimum atomic E-state index is -5.08. The first-order valence-corrected chi connectivity index (χ1v) is 7.96. The summed E-state index contributed by atoms with van der Waals surface area (Å²) in [5, 5.41) is 14.2. The van der Waals surface area contributed by atoms with Crippen LogP contribution in [0, 0.1) is 5.92 Å². The van der Waals surface area contributed by atoms with Crippen molar-refractivity contribution < 1.29 is 27.9 Å². The fraction of sp³-hybridized carbons (Fsp3) is 0.667. The first-order chi connectivity index (χ1) is 11.7. The molecule has 1 fully saturated rings. The number of aliphatic carboxylic acids is 1. The minimum absolute atomic E-state index is 0.0923. The summed E-state index contributed by atoms with van der Waals surface area (Å²) in [6, 6.07) is 2.25. The molecule has 7 nitrogen and oxygen atoms in total. The monoisotopic (exact) mass is 362 g/mol. The second kappa shape index (κ2) is 7.85. The molecule has 1 unspecified atom stereocenters.